The van der Waals surface area contributed by atoms with Crippen LogP contribution in [0.3, 0.4) is 0 Å². The molecule has 0 amide bonds. The summed E-state index contributed by atoms with van der Waals surface area (Å²) in [6.07, 6.45) is 0. The Morgan fingerprint density at radius 3 is 2.78 bits per heavy atom. The maximum atomic E-state index is 10.9. The molecule has 0 saturated carbocycles. The van der Waals surface area contributed by atoms with Crippen LogP contribution in [-0.4, -0.2) is 15.1 Å². The molecular formula is C14H10ClN5O3. The van der Waals surface area contributed by atoms with E-state index in [1.165, 1.54) is 12.1 Å². The van der Waals surface area contributed by atoms with Gasteiger partial charge in [0.1, 0.15) is 5.69 Å². The number of anilines is 3. The summed E-state index contributed by atoms with van der Waals surface area (Å²) in [6, 6.07) is 11.4. The Morgan fingerprint density at radius 2 is 2.04 bits per heavy atom. The van der Waals surface area contributed by atoms with E-state index in [-0.39, 0.29) is 23.3 Å². The normalized spacial score (nSPS) is 10.5. The highest BCUT2D eigenvalue weighted by molar-refractivity contribution is 6.30. The van der Waals surface area contributed by atoms with Gasteiger partial charge in [0.05, 0.1) is 4.92 Å². The van der Waals surface area contributed by atoms with Crippen molar-refractivity contribution in [3.05, 3.63) is 57.6 Å². The zero-order valence-corrected chi connectivity index (χ0v) is 12.3. The van der Waals surface area contributed by atoms with E-state index in [4.69, 9.17) is 21.8 Å². The van der Waals surface area contributed by atoms with Crippen LogP contribution in [0.2, 0.25) is 5.02 Å². The van der Waals surface area contributed by atoms with Crippen molar-refractivity contribution in [2.75, 3.05) is 11.1 Å². The molecule has 9 heteroatoms. The highest BCUT2D eigenvalue weighted by Crippen LogP contribution is 2.29. The summed E-state index contributed by atoms with van der Waals surface area (Å²) in [5.74, 6) is 0.137. The summed E-state index contributed by atoms with van der Waals surface area (Å²) in [7, 11) is 0. The molecule has 0 aliphatic carbocycles. The van der Waals surface area contributed by atoms with E-state index in [1.807, 2.05) is 0 Å². The lowest BCUT2D eigenvalue weighted by Crippen LogP contribution is -1.95. The number of nitro benzene ring substituents is 1. The number of nitrogens with zero attached hydrogens (tertiary/aromatic N) is 3. The van der Waals surface area contributed by atoms with E-state index in [0.29, 0.717) is 16.3 Å². The van der Waals surface area contributed by atoms with Gasteiger partial charge in [0.15, 0.2) is 0 Å². The molecule has 3 N–H and O–H groups in total. The van der Waals surface area contributed by atoms with E-state index in [9.17, 15) is 10.1 Å². The number of nitrogens with one attached hydrogen (secondary N) is 1. The van der Waals surface area contributed by atoms with Crippen LogP contribution in [0.1, 0.15) is 0 Å². The van der Waals surface area contributed by atoms with Gasteiger partial charge in [-0.15, -0.1) is 5.10 Å². The minimum Gasteiger partial charge on any atom is -0.403 e. The molecule has 2 aromatic carbocycles. The van der Waals surface area contributed by atoms with Crippen molar-refractivity contribution in [1.82, 2.24) is 10.2 Å². The fourth-order valence-corrected chi connectivity index (χ4v) is 2.11. The molecule has 0 unspecified atom stereocenters. The van der Waals surface area contributed by atoms with Crippen molar-refractivity contribution in [3.63, 3.8) is 0 Å². The fourth-order valence-electron chi connectivity index (χ4n) is 1.91. The van der Waals surface area contributed by atoms with Gasteiger partial charge in [0.2, 0.25) is 5.89 Å². The van der Waals surface area contributed by atoms with E-state index in [0.717, 1.165) is 0 Å². The number of rotatable bonds is 4. The van der Waals surface area contributed by atoms with Gasteiger partial charge in [-0.05, 0) is 30.3 Å². The summed E-state index contributed by atoms with van der Waals surface area (Å²) in [4.78, 5) is 10.3. The number of nitro groups is 1. The van der Waals surface area contributed by atoms with E-state index >= 15 is 0 Å². The first-order chi connectivity index (χ1) is 11.0. The number of halogens is 1. The average Bonchev–Trinajstić information content (AvgIpc) is 2.96. The molecule has 0 spiro atoms. The molecule has 0 aliphatic heterocycles. The zero-order valence-electron chi connectivity index (χ0n) is 11.6. The van der Waals surface area contributed by atoms with Crippen molar-refractivity contribution >= 4 is 34.7 Å². The van der Waals surface area contributed by atoms with Gasteiger partial charge in [-0.25, -0.2) is 0 Å². The van der Waals surface area contributed by atoms with Crippen LogP contribution in [0, 0.1) is 10.1 Å². The Bertz CT molecular complexity index is 880. The van der Waals surface area contributed by atoms with Crippen molar-refractivity contribution in [3.8, 4) is 11.5 Å². The van der Waals surface area contributed by atoms with Crippen molar-refractivity contribution < 1.29 is 9.34 Å². The molecule has 0 saturated heterocycles. The number of benzene rings is 2. The molecule has 3 aromatic rings. The molecule has 0 atom stereocenters. The minimum absolute atomic E-state index is 0.0653. The fraction of sp³-hybridized carbons (Fsp3) is 0. The predicted molar refractivity (Wildman–Crippen MR) is 85.5 cm³/mol. The third kappa shape index (κ3) is 3.22. The van der Waals surface area contributed by atoms with Gasteiger partial charge in [-0.3, -0.25) is 10.1 Å². The summed E-state index contributed by atoms with van der Waals surface area (Å²) in [5.41, 5.74) is 6.48. The first kappa shape index (κ1) is 14.8. The van der Waals surface area contributed by atoms with Crippen molar-refractivity contribution in [1.29, 1.82) is 0 Å². The van der Waals surface area contributed by atoms with Crippen molar-refractivity contribution in [2.45, 2.75) is 0 Å². The van der Waals surface area contributed by atoms with Crippen LogP contribution in [0.15, 0.2) is 46.9 Å². The van der Waals surface area contributed by atoms with Gasteiger partial charge in [-0.1, -0.05) is 22.8 Å². The summed E-state index contributed by atoms with van der Waals surface area (Å²) >= 11 is 5.89. The monoisotopic (exact) mass is 331 g/mol. The first-order valence-electron chi connectivity index (χ1n) is 6.43. The third-order valence-corrected chi connectivity index (χ3v) is 3.21. The van der Waals surface area contributed by atoms with Gasteiger partial charge in [0, 0.05) is 22.3 Å². The molecule has 0 aliphatic rings. The second-order valence-corrected chi connectivity index (χ2v) is 5.01. The minimum atomic E-state index is -0.569. The first-order valence-corrected chi connectivity index (χ1v) is 6.81. The number of nitrogen functional groups attached to an aromatic ring is 1. The predicted octanol–water partition coefficient (Wildman–Crippen LogP) is 3.62. The number of aromatic nitrogens is 2. The van der Waals surface area contributed by atoms with Crippen LogP contribution in [-0.2, 0) is 0 Å². The number of hydrogen-bond acceptors (Lipinski definition) is 7. The maximum absolute atomic E-state index is 10.9. The van der Waals surface area contributed by atoms with Gasteiger partial charge in [0.25, 0.3) is 5.69 Å². The zero-order chi connectivity index (χ0) is 16.4. The molecule has 23 heavy (non-hydrogen) atoms. The van der Waals surface area contributed by atoms with Crippen LogP contribution in [0.25, 0.3) is 11.5 Å². The number of hydrogen-bond donors (Lipinski definition) is 2. The van der Waals surface area contributed by atoms with E-state index in [2.05, 4.69) is 15.5 Å². The third-order valence-electron chi connectivity index (χ3n) is 2.97. The Hall–Kier alpha value is -3.13. The Kier molecular flexibility index (Phi) is 3.82. The lowest BCUT2D eigenvalue weighted by Gasteiger charge is -2.01. The standard InChI is InChI=1S/C14H10ClN5O3/c15-9-2-1-3-10(7-9)17-14-19-18-13(23-14)8-4-5-11(16)12(6-8)20(21)22/h1-7H,16H2,(H,17,19). The summed E-state index contributed by atoms with van der Waals surface area (Å²) in [6.45, 7) is 0. The molecule has 0 radical (unpaired) electrons. The second-order valence-electron chi connectivity index (χ2n) is 4.58. The Morgan fingerprint density at radius 1 is 1.22 bits per heavy atom. The van der Waals surface area contributed by atoms with Crippen molar-refractivity contribution in [2.24, 2.45) is 0 Å². The van der Waals surface area contributed by atoms with E-state index in [1.54, 1.807) is 30.3 Å². The van der Waals surface area contributed by atoms with Crippen LogP contribution in [0.4, 0.5) is 23.1 Å². The molecular weight excluding hydrogens is 322 g/mol. The SMILES string of the molecule is Nc1ccc(-c2nnc(Nc3cccc(Cl)c3)o2)cc1[N+](=O)[O-]. The lowest BCUT2D eigenvalue weighted by molar-refractivity contribution is -0.383. The second kappa shape index (κ2) is 5.93. The molecule has 0 fully saturated rings. The molecule has 1 aromatic heterocycles. The molecule has 1 heterocycles. The highest BCUT2D eigenvalue weighted by Gasteiger charge is 2.16. The highest BCUT2D eigenvalue weighted by atomic mass is 35.5. The van der Waals surface area contributed by atoms with Crippen LogP contribution < -0.4 is 11.1 Å². The largest absolute Gasteiger partial charge is 0.403 e. The average molecular weight is 332 g/mol. The molecule has 3 rings (SSSR count). The van der Waals surface area contributed by atoms with Gasteiger partial charge >= 0.3 is 6.01 Å². The maximum Gasteiger partial charge on any atom is 0.320 e. The summed E-state index contributed by atoms with van der Waals surface area (Å²) < 4.78 is 5.45. The number of nitrogens with two attached hydrogens (primary N) is 1. The van der Waals surface area contributed by atoms with Crippen LogP contribution in [0.5, 0.6) is 0 Å². The van der Waals surface area contributed by atoms with Crippen LogP contribution >= 0.6 is 11.6 Å². The topological polar surface area (TPSA) is 120 Å². The van der Waals surface area contributed by atoms with Gasteiger partial charge in [-0.2, -0.15) is 0 Å². The smallest absolute Gasteiger partial charge is 0.320 e. The molecule has 0 bridgehead atoms. The Labute approximate surface area is 135 Å². The lowest BCUT2D eigenvalue weighted by atomic mass is 10.2. The molecule has 8 nitrogen and oxygen atoms in total. The van der Waals surface area contributed by atoms with Gasteiger partial charge < -0.3 is 15.5 Å². The Balaban J connectivity index is 1.87. The van der Waals surface area contributed by atoms with E-state index < -0.39 is 4.92 Å². The quantitative estimate of drug-likeness (QED) is 0.425. The summed E-state index contributed by atoms with van der Waals surface area (Å²) in [5, 5.41) is 22.1. The molecule has 116 valence electrons.